The Hall–Kier alpha value is -3.32. The molecule has 28 heavy (non-hydrogen) atoms. The van der Waals surface area contributed by atoms with Crippen LogP contribution in [0.25, 0.3) is 0 Å². The normalized spacial score (nSPS) is 21.6. The average Bonchev–Trinajstić information content (AvgIpc) is 2.78. The standard InChI is InChI=1S/C27H23N/c1-2-28-25-19-11-9-17-23(25)27(21-13-5-3-6-14-21,22-15-7-4-8-16-22)24-18-10-12-20-26(24)28/h2-20,23,25H,1H2. The van der Waals surface area contributed by atoms with Crippen molar-refractivity contribution >= 4 is 5.69 Å². The van der Waals surface area contributed by atoms with E-state index in [2.05, 4.69) is 121 Å². The molecule has 0 aromatic heterocycles. The summed E-state index contributed by atoms with van der Waals surface area (Å²) < 4.78 is 0. The van der Waals surface area contributed by atoms with Gasteiger partial charge >= 0.3 is 0 Å². The summed E-state index contributed by atoms with van der Waals surface area (Å²) in [5.41, 5.74) is 4.95. The van der Waals surface area contributed by atoms with Crippen LogP contribution in [0.15, 0.2) is 122 Å². The maximum absolute atomic E-state index is 4.14. The molecule has 0 spiro atoms. The van der Waals surface area contributed by atoms with E-state index >= 15 is 0 Å². The Labute approximate surface area is 167 Å². The molecule has 5 rings (SSSR count). The van der Waals surface area contributed by atoms with Gasteiger partial charge in [0, 0.05) is 11.6 Å². The summed E-state index contributed by atoms with van der Waals surface area (Å²) in [4.78, 5) is 2.32. The van der Waals surface area contributed by atoms with Crippen LogP contribution in [-0.2, 0) is 5.41 Å². The highest BCUT2D eigenvalue weighted by molar-refractivity contribution is 5.71. The minimum atomic E-state index is -0.259. The Morgan fingerprint density at radius 2 is 1.29 bits per heavy atom. The molecule has 1 nitrogen and oxygen atoms in total. The number of hydrogen-bond acceptors (Lipinski definition) is 1. The van der Waals surface area contributed by atoms with Gasteiger partial charge in [0.2, 0.25) is 0 Å². The number of para-hydroxylation sites is 1. The van der Waals surface area contributed by atoms with Crippen molar-refractivity contribution in [3.63, 3.8) is 0 Å². The van der Waals surface area contributed by atoms with Crippen LogP contribution in [0, 0.1) is 5.92 Å². The van der Waals surface area contributed by atoms with Crippen molar-refractivity contribution in [1.29, 1.82) is 0 Å². The third-order valence-electron chi connectivity index (χ3n) is 6.19. The highest BCUT2D eigenvalue weighted by Crippen LogP contribution is 2.55. The summed E-state index contributed by atoms with van der Waals surface area (Å²) in [6, 6.07) is 30.9. The van der Waals surface area contributed by atoms with Gasteiger partial charge in [0.1, 0.15) is 0 Å². The van der Waals surface area contributed by atoms with Crippen molar-refractivity contribution in [2.75, 3.05) is 4.90 Å². The lowest BCUT2D eigenvalue weighted by molar-refractivity contribution is 0.384. The molecule has 1 heterocycles. The molecule has 0 bridgehead atoms. The van der Waals surface area contributed by atoms with E-state index in [1.807, 2.05) is 6.20 Å². The third kappa shape index (κ3) is 2.26. The van der Waals surface area contributed by atoms with Crippen molar-refractivity contribution in [3.8, 4) is 0 Å². The molecule has 0 saturated carbocycles. The van der Waals surface area contributed by atoms with Crippen LogP contribution in [0.2, 0.25) is 0 Å². The molecule has 0 saturated heterocycles. The maximum Gasteiger partial charge on any atom is 0.0597 e. The van der Waals surface area contributed by atoms with E-state index in [1.165, 1.54) is 22.4 Å². The Morgan fingerprint density at radius 1 is 0.714 bits per heavy atom. The molecule has 2 unspecified atom stereocenters. The van der Waals surface area contributed by atoms with Gasteiger partial charge in [-0.25, -0.2) is 0 Å². The van der Waals surface area contributed by atoms with Gasteiger partial charge in [-0.15, -0.1) is 0 Å². The van der Waals surface area contributed by atoms with E-state index in [-0.39, 0.29) is 17.4 Å². The van der Waals surface area contributed by atoms with Crippen LogP contribution in [0.1, 0.15) is 16.7 Å². The first-order chi connectivity index (χ1) is 13.9. The number of allylic oxidation sites excluding steroid dienone is 2. The van der Waals surface area contributed by atoms with Crippen molar-refractivity contribution in [2.45, 2.75) is 11.5 Å². The molecule has 2 aliphatic rings. The van der Waals surface area contributed by atoms with Gasteiger partial charge in [0.25, 0.3) is 0 Å². The summed E-state index contributed by atoms with van der Waals surface area (Å²) >= 11 is 0. The van der Waals surface area contributed by atoms with Crippen LogP contribution in [0.3, 0.4) is 0 Å². The van der Waals surface area contributed by atoms with E-state index in [1.54, 1.807) is 0 Å². The van der Waals surface area contributed by atoms with Crippen molar-refractivity contribution in [1.82, 2.24) is 0 Å². The summed E-state index contributed by atoms with van der Waals surface area (Å²) in [6.45, 7) is 4.14. The van der Waals surface area contributed by atoms with Crippen LogP contribution in [-0.4, -0.2) is 6.04 Å². The lowest BCUT2D eigenvalue weighted by Crippen LogP contribution is -2.53. The summed E-state index contributed by atoms with van der Waals surface area (Å²) in [5.74, 6) is 0.259. The molecule has 2 atom stereocenters. The number of rotatable bonds is 3. The molecule has 0 fully saturated rings. The quantitative estimate of drug-likeness (QED) is 0.545. The first-order valence-electron chi connectivity index (χ1n) is 9.84. The second-order valence-corrected chi connectivity index (χ2v) is 7.43. The minimum absolute atomic E-state index is 0.220. The average molecular weight is 361 g/mol. The largest absolute Gasteiger partial charge is 0.341 e. The molecular weight excluding hydrogens is 338 g/mol. The Kier molecular flexibility index (Phi) is 4.02. The molecule has 3 aromatic carbocycles. The molecule has 0 amide bonds. The van der Waals surface area contributed by atoms with Gasteiger partial charge in [-0.2, -0.15) is 0 Å². The fourth-order valence-corrected chi connectivity index (χ4v) is 5.12. The third-order valence-corrected chi connectivity index (χ3v) is 6.19. The van der Waals surface area contributed by atoms with Crippen molar-refractivity contribution < 1.29 is 0 Å². The summed E-state index contributed by atoms with van der Waals surface area (Å²) in [7, 11) is 0. The monoisotopic (exact) mass is 361 g/mol. The number of hydrogen-bond donors (Lipinski definition) is 0. The summed E-state index contributed by atoms with van der Waals surface area (Å²) in [5, 5.41) is 0. The van der Waals surface area contributed by atoms with Crippen molar-refractivity contribution in [3.05, 3.63) is 139 Å². The molecule has 0 radical (unpaired) electrons. The molecular formula is C27H23N. The first-order valence-corrected chi connectivity index (χ1v) is 9.84. The van der Waals surface area contributed by atoms with E-state index in [9.17, 15) is 0 Å². The first kappa shape index (κ1) is 16.8. The zero-order valence-corrected chi connectivity index (χ0v) is 15.8. The highest BCUT2D eigenvalue weighted by atomic mass is 15.2. The smallest absolute Gasteiger partial charge is 0.0597 e. The predicted molar refractivity (Wildman–Crippen MR) is 117 cm³/mol. The fourth-order valence-electron chi connectivity index (χ4n) is 5.12. The molecule has 136 valence electrons. The topological polar surface area (TPSA) is 3.24 Å². The molecule has 1 aliphatic carbocycles. The van der Waals surface area contributed by atoms with Crippen LogP contribution < -0.4 is 4.90 Å². The molecule has 3 aromatic rings. The van der Waals surface area contributed by atoms with E-state index < -0.39 is 0 Å². The van der Waals surface area contributed by atoms with Crippen LogP contribution in [0.4, 0.5) is 5.69 Å². The minimum Gasteiger partial charge on any atom is -0.341 e. The van der Waals surface area contributed by atoms with Crippen LogP contribution in [0.5, 0.6) is 0 Å². The van der Waals surface area contributed by atoms with Crippen LogP contribution >= 0.6 is 0 Å². The SMILES string of the molecule is C=CN1c2ccccc2C(c2ccccc2)(c2ccccc2)C2C=CC=CC21. The lowest BCUT2D eigenvalue weighted by atomic mass is 9.56. The number of nitrogens with zero attached hydrogens (tertiary/aromatic N) is 1. The van der Waals surface area contributed by atoms with Gasteiger partial charge in [-0.05, 0) is 29.0 Å². The van der Waals surface area contributed by atoms with E-state index in [0.29, 0.717) is 0 Å². The lowest BCUT2D eigenvalue weighted by Gasteiger charge is -2.53. The molecule has 1 aliphatic heterocycles. The van der Waals surface area contributed by atoms with Gasteiger partial charge in [0.05, 0.1) is 11.5 Å². The Morgan fingerprint density at radius 3 is 1.93 bits per heavy atom. The second kappa shape index (κ2) is 6.69. The number of anilines is 1. The highest BCUT2D eigenvalue weighted by Gasteiger charge is 2.51. The van der Waals surface area contributed by atoms with Gasteiger partial charge in [-0.3, -0.25) is 0 Å². The number of benzene rings is 3. The zero-order valence-electron chi connectivity index (χ0n) is 15.8. The van der Waals surface area contributed by atoms with Crippen molar-refractivity contribution in [2.24, 2.45) is 5.92 Å². The second-order valence-electron chi connectivity index (χ2n) is 7.43. The maximum atomic E-state index is 4.14. The Balaban J connectivity index is 1.93. The predicted octanol–water partition coefficient (Wildman–Crippen LogP) is 6.10. The van der Waals surface area contributed by atoms with Gasteiger partial charge in [0.15, 0.2) is 0 Å². The zero-order chi connectivity index (χ0) is 19.0. The van der Waals surface area contributed by atoms with E-state index in [4.69, 9.17) is 0 Å². The molecule has 1 heteroatoms. The van der Waals surface area contributed by atoms with E-state index in [0.717, 1.165) is 0 Å². The number of fused-ring (bicyclic) bond motifs is 2. The van der Waals surface area contributed by atoms with Gasteiger partial charge in [-0.1, -0.05) is 110 Å². The summed E-state index contributed by atoms with van der Waals surface area (Å²) in [6.07, 6.45) is 11.0. The molecule has 0 N–H and O–H groups in total. The fraction of sp³-hybridized carbons (Fsp3) is 0.111. The Bertz CT molecular complexity index is 1010. The van der Waals surface area contributed by atoms with Gasteiger partial charge < -0.3 is 4.90 Å².